The minimum atomic E-state index is -0.0814. The Hall–Kier alpha value is -2.21. The van der Waals surface area contributed by atoms with Crippen LogP contribution in [0.3, 0.4) is 0 Å². The van der Waals surface area contributed by atoms with Gasteiger partial charge >= 0.3 is 0 Å². The molecule has 6 nitrogen and oxygen atoms in total. The smallest absolute Gasteiger partial charge is 0.254 e. The number of hydrogen-bond acceptors (Lipinski definition) is 5. The Morgan fingerprint density at radius 3 is 2.80 bits per heavy atom. The van der Waals surface area contributed by atoms with Crippen molar-refractivity contribution >= 4 is 5.91 Å². The highest BCUT2D eigenvalue weighted by molar-refractivity contribution is 5.94. The zero-order valence-electron chi connectivity index (χ0n) is 11.9. The first-order valence-electron chi connectivity index (χ1n) is 6.35. The summed E-state index contributed by atoms with van der Waals surface area (Å²) in [7, 11) is 1.75. The van der Waals surface area contributed by atoms with Crippen LogP contribution in [0.2, 0.25) is 0 Å². The van der Waals surface area contributed by atoms with Crippen molar-refractivity contribution in [3.05, 3.63) is 46.6 Å². The quantitative estimate of drug-likeness (QED) is 0.911. The Morgan fingerprint density at radius 1 is 1.45 bits per heavy atom. The first-order valence-corrected chi connectivity index (χ1v) is 6.35. The lowest BCUT2D eigenvalue weighted by Crippen LogP contribution is -2.26. The third kappa shape index (κ3) is 2.85. The number of amides is 1. The van der Waals surface area contributed by atoms with Gasteiger partial charge in [0.1, 0.15) is 5.76 Å². The van der Waals surface area contributed by atoms with Gasteiger partial charge in [0.2, 0.25) is 0 Å². The molecule has 0 saturated heterocycles. The monoisotopic (exact) mass is 274 g/mol. The highest BCUT2D eigenvalue weighted by atomic mass is 16.5. The summed E-state index contributed by atoms with van der Waals surface area (Å²) in [5, 5.41) is 3.89. The first-order chi connectivity index (χ1) is 9.52. The maximum absolute atomic E-state index is 12.4. The lowest BCUT2D eigenvalue weighted by atomic mass is 10.1. The summed E-state index contributed by atoms with van der Waals surface area (Å²) in [5.74, 6) is 0.654. The molecule has 20 heavy (non-hydrogen) atoms. The third-order valence-electron chi connectivity index (χ3n) is 3.20. The van der Waals surface area contributed by atoms with E-state index in [-0.39, 0.29) is 5.91 Å². The predicted molar refractivity (Wildman–Crippen MR) is 73.9 cm³/mol. The molecule has 2 N–H and O–H groups in total. The van der Waals surface area contributed by atoms with Gasteiger partial charge in [0.05, 0.1) is 17.9 Å². The summed E-state index contributed by atoms with van der Waals surface area (Å²) in [6.45, 7) is 4.48. The molecule has 2 aromatic heterocycles. The van der Waals surface area contributed by atoms with E-state index in [4.69, 9.17) is 10.3 Å². The molecule has 0 aromatic carbocycles. The van der Waals surface area contributed by atoms with Crippen molar-refractivity contribution in [2.24, 2.45) is 5.73 Å². The number of nitrogens with zero attached hydrogens (tertiary/aromatic N) is 3. The van der Waals surface area contributed by atoms with Crippen molar-refractivity contribution in [2.75, 3.05) is 7.05 Å². The maximum Gasteiger partial charge on any atom is 0.254 e. The standard InChI is InChI=1S/C14H18N4O2/c1-9-13(10(2)20-17-9)8-18(3)14(19)11-4-5-16-12(6-11)7-15/h4-6H,7-8,15H2,1-3H3. The molecular formula is C14H18N4O2. The normalized spacial score (nSPS) is 10.6. The van der Waals surface area contributed by atoms with Gasteiger partial charge in [0.25, 0.3) is 5.91 Å². The fraction of sp³-hybridized carbons (Fsp3) is 0.357. The van der Waals surface area contributed by atoms with Crippen LogP contribution < -0.4 is 5.73 Å². The second-order valence-corrected chi connectivity index (χ2v) is 4.70. The molecule has 0 radical (unpaired) electrons. The van der Waals surface area contributed by atoms with Gasteiger partial charge in [-0.2, -0.15) is 0 Å². The third-order valence-corrected chi connectivity index (χ3v) is 3.20. The van der Waals surface area contributed by atoms with Crippen molar-refractivity contribution in [3.8, 4) is 0 Å². The number of pyridine rings is 1. The molecule has 0 atom stereocenters. The summed E-state index contributed by atoms with van der Waals surface area (Å²) in [6, 6.07) is 3.40. The van der Waals surface area contributed by atoms with E-state index in [0.717, 1.165) is 17.0 Å². The van der Waals surface area contributed by atoms with Crippen LogP contribution in [0.1, 0.15) is 33.1 Å². The zero-order valence-corrected chi connectivity index (χ0v) is 11.9. The van der Waals surface area contributed by atoms with Gasteiger partial charge in [-0.3, -0.25) is 9.78 Å². The van der Waals surface area contributed by atoms with Gasteiger partial charge < -0.3 is 15.2 Å². The number of aryl methyl sites for hydroxylation is 2. The average molecular weight is 274 g/mol. The number of carbonyl (C=O) groups excluding carboxylic acids is 1. The van der Waals surface area contributed by atoms with Crippen molar-refractivity contribution in [3.63, 3.8) is 0 Å². The molecule has 0 unspecified atom stereocenters. The molecule has 0 aliphatic carbocycles. The molecule has 6 heteroatoms. The van der Waals surface area contributed by atoms with E-state index in [1.54, 1.807) is 30.3 Å². The number of carbonyl (C=O) groups is 1. The van der Waals surface area contributed by atoms with E-state index >= 15 is 0 Å². The number of aromatic nitrogens is 2. The Kier molecular flexibility index (Phi) is 4.14. The van der Waals surface area contributed by atoms with Gasteiger partial charge in [0, 0.05) is 30.9 Å². The fourth-order valence-electron chi connectivity index (χ4n) is 1.98. The van der Waals surface area contributed by atoms with Crippen LogP contribution in [-0.2, 0) is 13.1 Å². The van der Waals surface area contributed by atoms with Crippen LogP contribution >= 0.6 is 0 Å². The van der Waals surface area contributed by atoms with Crippen LogP contribution in [0.25, 0.3) is 0 Å². The first kappa shape index (κ1) is 14.2. The van der Waals surface area contributed by atoms with Crippen molar-refractivity contribution < 1.29 is 9.32 Å². The highest BCUT2D eigenvalue weighted by Gasteiger charge is 2.17. The van der Waals surface area contributed by atoms with Crippen LogP contribution in [0, 0.1) is 13.8 Å². The van der Waals surface area contributed by atoms with Gasteiger partial charge in [-0.25, -0.2) is 0 Å². The second kappa shape index (κ2) is 5.83. The molecule has 0 fully saturated rings. The lowest BCUT2D eigenvalue weighted by molar-refractivity contribution is 0.0784. The molecule has 0 spiro atoms. The molecule has 0 aliphatic heterocycles. The average Bonchev–Trinajstić information content (AvgIpc) is 2.78. The summed E-state index contributed by atoms with van der Waals surface area (Å²) in [5.41, 5.74) is 8.55. The Bertz CT molecular complexity index is 602. The van der Waals surface area contributed by atoms with Crippen LogP contribution in [0.15, 0.2) is 22.9 Å². The summed E-state index contributed by atoms with van der Waals surface area (Å²) in [6.07, 6.45) is 1.60. The molecule has 2 heterocycles. The van der Waals surface area contributed by atoms with E-state index in [1.807, 2.05) is 13.8 Å². The van der Waals surface area contributed by atoms with Crippen molar-refractivity contribution in [1.29, 1.82) is 0 Å². The number of rotatable bonds is 4. The van der Waals surface area contributed by atoms with E-state index < -0.39 is 0 Å². The SMILES string of the molecule is Cc1noc(C)c1CN(C)C(=O)c1ccnc(CN)c1. The Morgan fingerprint density at radius 2 is 2.20 bits per heavy atom. The van der Waals surface area contributed by atoms with Gasteiger partial charge in [-0.1, -0.05) is 5.16 Å². The molecule has 106 valence electrons. The van der Waals surface area contributed by atoms with E-state index in [1.165, 1.54) is 0 Å². The molecule has 0 aliphatic rings. The Labute approximate surface area is 117 Å². The van der Waals surface area contributed by atoms with E-state index in [9.17, 15) is 4.79 Å². The van der Waals surface area contributed by atoms with E-state index in [0.29, 0.717) is 24.3 Å². The lowest BCUT2D eigenvalue weighted by Gasteiger charge is -2.17. The molecule has 2 aromatic rings. The van der Waals surface area contributed by atoms with Gasteiger partial charge in [-0.05, 0) is 26.0 Å². The topological polar surface area (TPSA) is 85.2 Å². The molecule has 0 bridgehead atoms. The zero-order chi connectivity index (χ0) is 14.7. The Balaban J connectivity index is 2.16. The van der Waals surface area contributed by atoms with Crippen LogP contribution in [0.5, 0.6) is 0 Å². The van der Waals surface area contributed by atoms with E-state index in [2.05, 4.69) is 10.1 Å². The number of hydrogen-bond donors (Lipinski definition) is 1. The van der Waals surface area contributed by atoms with Crippen molar-refractivity contribution in [1.82, 2.24) is 15.0 Å². The van der Waals surface area contributed by atoms with Gasteiger partial charge in [0.15, 0.2) is 0 Å². The molecule has 2 rings (SSSR count). The minimum absolute atomic E-state index is 0.0814. The van der Waals surface area contributed by atoms with Gasteiger partial charge in [-0.15, -0.1) is 0 Å². The second-order valence-electron chi connectivity index (χ2n) is 4.70. The largest absolute Gasteiger partial charge is 0.361 e. The van der Waals surface area contributed by atoms with Crippen molar-refractivity contribution in [2.45, 2.75) is 26.9 Å². The fourth-order valence-corrected chi connectivity index (χ4v) is 1.98. The maximum atomic E-state index is 12.4. The van der Waals surface area contributed by atoms with Crippen LogP contribution in [0.4, 0.5) is 0 Å². The minimum Gasteiger partial charge on any atom is -0.361 e. The predicted octanol–water partition coefficient (Wildman–Crippen LogP) is 1.42. The molecular weight excluding hydrogens is 256 g/mol. The molecule has 0 saturated carbocycles. The molecule has 1 amide bonds. The van der Waals surface area contributed by atoms with Crippen LogP contribution in [-0.4, -0.2) is 28.0 Å². The summed E-state index contributed by atoms with van der Waals surface area (Å²) in [4.78, 5) is 18.1. The highest BCUT2D eigenvalue weighted by Crippen LogP contribution is 2.15. The summed E-state index contributed by atoms with van der Waals surface area (Å²) >= 11 is 0. The summed E-state index contributed by atoms with van der Waals surface area (Å²) < 4.78 is 5.10. The number of nitrogens with two attached hydrogens (primary N) is 1.